The van der Waals surface area contributed by atoms with Crippen molar-refractivity contribution in [1.82, 2.24) is 9.34 Å². The molecule has 1 fully saturated rings. The summed E-state index contributed by atoms with van der Waals surface area (Å²) < 4.78 is 5.29. The van der Waals surface area contributed by atoms with Gasteiger partial charge in [0.15, 0.2) is 7.56 Å². The first-order valence-corrected chi connectivity index (χ1v) is 10.0. The van der Waals surface area contributed by atoms with Crippen molar-refractivity contribution in [1.29, 1.82) is 0 Å². The van der Waals surface area contributed by atoms with Crippen LogP contribution in [0.2, 0.25) is 0 Å². The first kappa shape index (κ1) is 15.7. The number of hydrogen-bond donors (Lipinski definition) is 0. The normalized spacial score (nSPS) is 18.5. The van der Waals surface area contributed by atoms with Crippen LogP contribution >= 0.6 is 7.56 Å². The number of rotatable bonds is 5. The van der Waals surface area contributed by atoms with E-state index in [0.29, 0.717) is 0 Å². The molecule has 0 bridgehead atoms. The first-order valence-electron chi connectivity index (χ1n) is 8.14. The fourth-order valence-corrected chi connectivity index (χ4v) is 7.79. The summed E-state index contributed by atoms with van der Waals surface area (Å²) in [5.41, 5.74) is 1.44. The standard InChI is InChI=1S/C19H26N2P/c1-20(2)22(21-15-9-10-16-21,19-13-7-4-8-14-19)17-18-11-5-3-6-12-18/h3-8,11-14H,9-10,15-17H2,1-2H3/q+1. The highest BCUT2D eigenvalue weighted by Crippen LogP contribution is 2.65. The number of nitrogens with zero attached hydrogens (tertiary/aromatic N) is 2. The van der Waals surface area contributed by atoms with Gasteiger partial charge in [0.1, 0.15) is 11.5 Å². The van der Waals surface area contributed by atoms with Crippen molar-refractivity contribution in [3.63, 3.8) is 0 Å². The van der Waals surface area contributed by atoms with Crippen LogP contribution in [0.5, 0.6) is 0 Å². The van der Waals surface area contributed by atoms with E-state index in [2.05, 4.69) is 84.1 Å². The van der Waals surface area contributed by atoms with Crippen molar-refractivity contribution in [3.8, 4) is 0 Å². The van der Waals surface area contributed by atoms with E-state index in [1.165, 1.54) is 36.8 Å². The Morgan fingerprint density at radius 1 is 0.864 bits per heavy atom. The Labute approximate surface area is 135 Å². The van der Waals surface area contributed by atoms with Gasteiger partial charge in [-0.1, -0.05) is 48.5 Å². The van der Waals surface area contributed by atoms with E-state index in [9.17, 15) is 0 Å². The van der Waals surface area contributed by atoms with Crippen molar-refractivity contribution >= 4 is 12.9 Å². The van der Waals surface area contributed by atoms with Crippen LogP contribution in [0.4, 0.5) is 0 Å². The van der Waals surface area contributed by atoms with Gasteiger partial charge in [-0.2, -0.15) is 9.34 Å². The maximum atomic E-state index is 2.77. The molecule has 0 N–H and O–H groups in total. The van der Waals surface area contributed by atoms with E-state index in [4.69, 9.17) is 0 Å². The van der Waals surface area contributed by atoms with Gasteiger partial charge < -0.3 is 0 Å². The molecule has 3 heteroatoms. The summed E-state index contributed by atoms with van der Waals surface area (Å²) in [6.07, 6.45) is 3.79. The lowest BCUT2D eigenvalue weighted by atomic mass is 10.2. The van der Waals surface area contributed by atoms with Crippen molar-refractivity contribution < 1.29 is 0 Å². The summed E-state index contributed by atoms with van der Waals surface area (Å²) in [4.78, 5) is 0. The third kappa shape index (κ3) is 2.96. The molecule has 0 saturated carbocycles. The summed E-state index contributed by atoms with van der Waals surface area (Å²) in [6.45, 7) is 2.46. The quantitative estimate of drug-likeness (QED) is 0.769. The predicted molar refractivity (Wildman–Crippen MR) is 97.6 cm³/mol. The summed E-state index contributed by atoms with van der Waals surface area (Å²) in [5, 5.41) is 1.51. The van der Waals surface area contributed by atoms with Crippen LogP contribution in [0.3, 0.4) is 0 Å². The minimum Gasteiger partial charge on any atom is -0.165 e. The molecule has 1 saturated heterocycles. The highest BCUT2D eigenvalue weighted by molar-refractivity contribution is 7.77. The Morgan fingerprint density at radius 3 is 1.95 bits per heavy atom. The van der Waals surface area contributed by atoms with Crippen molar-refractivity contribution in [2.75, 3.05) is 27.2 Å². The minimum atomic E-state index is -1.52. The molecule has 2 aromatic carbocycles. The molecule has 22 heavy (non-hydrogen) atoms. The van der Waals surface area contributed by atoms with Gasteiger partial charge in [0.25, 0.3) is 0 Å². The molecule has 1 atom stereocenters. The molecule has 0 amide bonds. The Bertz CT molecular complexity index is 579. The van der Waals surface area contributed by atoms with E-state index in [1.807, 2.05) is 0 Å². The summed E-state index contributed by atoms with van der Waals surface area (Å²) in [7, 11) is 3.01. The maximum absolute atomic E-state index is 2.77. The lowest BCUT2D eigenvalue weighted by Gasteiger charge is -2.38. The van der Waals surface area contributed by atoms with Crippen molar-refractivity contribution in [2.24, 2.45) is 0 Å². The molecule has 0 aliphatic carbocycles. The third-order valence-corrected chi connectivity index (χ3v) is 9.22. The fourth-order valence-electron chi connectivity index (χ4n) is 3.52. The van der Waals surface area contributed by atoms with E-state index >= 15 is 0 Å². The summed E-state index contributed by atoms with van der Waals surface area (Å²) in [6, 6.07) is 22.1. The minimum absolute atomic E-state index is 1.13. The topological polar surface area (TPSA) is 6.48 Å². The Kier molecular flexibility index (Phi) is 4.93. The average molecular weight is 313 g/mol. The molecule has 1 unspecified atom stereocenters. The zero-order valence-corrected chi connectivity index (χ0v) is 14.5. The van der Waals surface area contributed by atoms with Crippen LogP contribution in [0.1, 0.15) is 18.4 Å². The second kappa shape index (κ2) is 6.91. The molecule has 3 rings (SSSR count). The fraction of sp³-hybridized carbons (Fsp3) is 0.368. The van der Waals surface area contributed by atoms with E-state index in [-0.39, 0.29) is 0 Å². The summed E-state index contributed by atoms with van der Waals surface area (Å²) >= 11 is 0. The van der Waals surface area contributed by atoms with Gasteiger partial charge in [-0.15, -0.1) is 0 Å². The molecule has 2 aromatic rings. The second-order valence-corrected chi connectivity index (χ2v) is 9.88. The molecule has 0 aromatic heterocycles. The van der Waals surface area contributed by atoms with Gasteiger partial charge in [0.05, 0.1) is 0 Å². The van der Waals surface area contributed by atoms with Crippen LogP contribution in [0.25, 0.3) is 0 Å². The van der Waals surface area contributed by atoms with Crippen molar-refractivity contribution in [2.45, 2.75) is 19.0 Å². The van der Waals surface area contributed by atoms with E-state index in [0.717, 1.165) is 6.16 Å². The van der Waals surface area contributed by atoms with Gasteiger partial charge in [0, 0.05) is 27.2 Å². The molecule has 1 aliphatic heterocycles. The van der Waals surface area contributed by atoms with Crippen LogP contribution in [0.15, 0.2) is 60.7 Å². The third-order valence-electron chi connectivity index (χ3n) is 4.63. The smallest absolute Gasteiger partial charge is 0.165 e. The zero-order valence-electron chi connectivity index (χ0n) is 13.7. The monoisotopic (exact) mass is 313 g/mol. The van der Waals surface area contributed by atoms with Crippen LogP contribution < -0.4 is 5.30 Å². The average Bonchev–Trinajstić information content (AvgIpc) is 3.09. The highest BCUT2D eigenvalue weighted by atomic mass is 31.2. The van der Waals surface area contributed by atoms with E-state index < -0.39 is 7.56 Å². The Balaban J connectivity index is 2.06. The van der Waals surface area contributed by atoms with Gasteiger partial charge in [-0.25, -0.2) is 0 Å². The lowest BCUT2D eigenvalue weighted by molar-refractivity contribution is 0.496. The van der Waals surface area contributed by atoms with Crippen LogP contribution in [-0.4, -0.2) is 36.5 Å². The van der Waals surface area contributed by atoms with Gasteiger partial charge >= 0.3 is 0 Å². The molecule has 1 aliphatic rings. The Morgan fingerprint density at radius 2 is 1.41 bits per heavy atom. The molecule has 1 heterocycles. The molecule has 116 valence electrons. The van der Waals surface area contributed by atoms with Gasteiger partial charge in [0.2, 0.25) is 0 Å². The molecular weight excluding hydrogens is 287 g/mol. The largest absolute Gasteiger partial charge is 0.189 e. The van der Waals surface area contributed by atoms with Crippen molar-refractivity contribution in [3.05, 3.63) is 66.2 Å². The SMILES string of the molecule is CN(C)[P+](Cc1ccccc1)(c1ccccc1)N1CCCC1. The molecule has 0 radical (unpaired) electrons. The second-order valence-electron chi connectivity index (χ2n) is 6.22. The zero-order chi connectivity index (χ0) is 15.4. The van der Waals surface area contributed by atoms with Crippen LogP contribution in [-0.2, 0) is 6.16 Å². The van der Waals surface area contributed by atoms with Crippen LogP contribution in [0, 0.1) is 0 Å². The molecule has 0 spiro atoms. The molecule has 2 nitrogen and oxygen atoms in total. The van der Waals surface area contributed by atoms with Gasteiger partial charge in [-0.05, 0) is 30.5 Å². The maximum Gasteiger partial charge on any atom is 0.189 e. The summed E-state index contributed by atoms with van der Waals surface area (Å²) in [5.74, 6) is 0. The number of benzene rings is 2. The predicted octanol–water partition coefficient (Wildman–Crippen LogP) is 4.02. The van der Waals surface area contributed by atoms with Gasteiger partial charge in [-0.3, -0.25) is 0 Å². The Hall–Kier alpha value is -1.21. The highest BCUT2D eigenvalue weighted by Gasteiger charge is 2.50. The lowest BCUT2D eigenvalue weighted by Crippen LogP contribution is -2.38. The number of hydrogen-bond acceptors (Lipinski definition) is 2. The molecular formula is C19H26N2P+. The van der Waals surface area contributed by atoms with E-state index in [1.54, 1.807) is 0 Å². The first-order chi connectivity index (χ1) is 10.7.